The maximum Gasteiger partial charge on any atom is 0.329 e. The predicted molar refractivity (Wildman–Crippen MR) is 91.5 cm³/mol. The molecule has 8 nitrogen and oxygen atoms in total. The minimum atomic E-state index is -1.17. The van der Waals surface area contributed by atoms with Crippen LogP contribution in [-0.2, 0) is 19.1 Å². The highest BCUT2D eigenvalue weighted by Gasteiger charge is 2.54. The van der Waals surface area contributed by atoms with E-state index in [4.69, 9.17) is 10.5 Å². The second kappa shape index (κ2) is 6.89. The maximum atomic E-state index is 12.9. The Bertz CT molecular complexity index is 597. The van der Waals surface area contributed by atoms with E-state index in [0.717, 1.165) is 19.3 Å². The van der Waals surface area contributed by atoms with Crippen LogP contribution in [0.25, 0.3) is 0 Å². The van der Waals surface area contributed by atoms with Gasteiger partial charge in [0, 0.05) is 5.41 Å². The topological polar surface area (TPSA) is 128 Å². The van der Waals surface area contributed by atoms with E-state index in [9.17, 15) is 19.2 Å². The highest BCUT2D eigenvalue weighted by atomic mass is 16.5. The average Bonchev–Trinajstić information content (AvgIpc) is 2.52. The van der Waals surface area contributed by atoms with Crippen molar-refractivity contribution in [1.82, 2.24) is 10.6 Å². The van der Waals surface area contributed by atoms with Crippen molar-refractivity contribution in [3.8, 4) is 0 Å². The van der Waals surface area contributed by atoms with Crippen LogP contribution in [0.1, 0.15) is 52.4 Å². The van der Waals surface area contributed by atoms with Crippen molar-refractivity contribution in [3.63, 3.8) is 0 Å². The number of esters is 1. The quantitative estimate of drug-likeness (QED) is 0.622. The van der Waals surface area contributed by atoms with Crippen LogP contribution >= 0.6 is 0 Å². The van der Waals surface area contributed by atoms with Crippen LogP contribution in [0.4, 0.5) is 4.79 Å². The third-order valence-corrected chi connectivity index (χ3v) is 6.13. The Hall–Kier alpha value is -2.12. The van der Waals surface area contributed by atoms with Gasteiger partial charge in [-0.25, -0.2) is 9.59 Å². The molecule has 4 bridgehead atoms. The van der Waals surface area contributed by atoms with Crippen molar-refractivity contribution in [2.24, 2.45) is 28.9 Å². The summed E-state index contributed by atoms with van der Waals surface area (Å²) in [6, 6.07) is -1.87. The van der Waals surface area contributed by atoms with Gasteiger partial charge in [0.1, 0.15) is 6.04 Å². The van der Waals surface area contributed by atoms with Crippen LogP contribution in [-0.4, -0.2) is 36.0 Å². The number of hydrogen-bond acceptors (Lipinski definition) is 5. The first-order valence-electron chi connectivity index (χ1n) is 9.30. The van der Waals surface area contributed by atoms with Gasteiger partial charge >= 0.3 is 12.0 Å². The zero-order valence-electron chi connectivity index (χ0n) is 15.2. The number of carbonyl (C=O) groups excluding carboxylic acids is 4. The Kier molecular flexibility index (Phi) is 4.94. The number of urea groups is 1. The van der Waals surface area contributed by atoms with Crippen molar-refractivity contribution in [1.29, 1.82) is 0 Å². The Morgan fingerprint density at radius 1 is 1.00 bits per heavy atom. The number of hydrogen-bond donors (Lipinski definition) is 3. The molecule has 0 heterocycles. The first-order valence-corrected chi connectivity index (χ1v) is 9.30. The lowest BCUT2D eigenvalue weighted by Crippen LogP contribution is -2.56. The molecule has 4 aliphatic rings. The summed E-state index contributed by atoms with van der Waals surface area (Å²) in [7, 11) is 0. The Morgan fingerprint density at radius 2 is 1.50 bits per heavy atom. The lowest BCUT2D eigenvalue weighted by molar-refractivity contribution is -0.159. The molecule has 26 heavy (non-hydrogen) atoms. The van der Waals surface area contributed by atoms with Gasteiger partial charge in [-0.1, -0.05) is 0 Å². The number of nitrogens with two attached hydrogens (primary N) is 1. The van der Waals surface area contributed by atoms with Crippen molar-refractivity contribution in [2.45, 2.75) is 64.5 Å². The Labute approximate surface area is 152 Å². The van der Waals surface area contributed by atoms with E-state index in [2.05, 4.69) is 5.32 Å². The number of rotatable bonds is 5. The molecule has 4 fully saturated rings. The predicted octanol–water partition coefficient (Wildman–Crippen LogP) is 0.834. The molecule has 0 saturated heterocycles. The third-order valence-electron chi connectivity index (χ3n) is 6.13. The highest BCUT2D eigenvalue weighted by molar-refractivity contribution is 5.97. The third kappa shape index (κ3) is 3.68. The molecule has 4 aliphatic carbocycles. The zero-order valence-corrected chi connectivity index (χ0v) is 15.2. The van der Waals surface area contributed by atoms with E-state index in [1.807, 2.05) is 5.32 Å². The van der Waals surface area contributed by atoms with E-state index < -0.39 is 30.1 Å². The summed E-state index contributed by atoms with van der Waals surface area (Å²) in [4.78, 5) is 47.4. The number of amides is 4. The summed E-state index contributed by atoms with van der Waals surface area (Å²) in [5, 5.41) is 4.64. The second-order valence-corrected chi connectivity index (χ2v) is 8.33. The largest absolute Gasteiger partial charge is 0.451 e. The van der Waals surface area contributed by atoms with E-state index in [1.165, 1.54) is 26.2 Å². The molecule has 0 aliphatic heterocycles. The molecule has 8 heteroatoms. The fourth-order valence-electron chi connectivity index (χ4n) is 5.35. The van der Waals surface area contributed by atoms with Gasteiger partial charge in [-0.05, 0) is 70.1 Å². The van der Waals surface area contributed by atoms with Crippen LogP contribution in [0.2, 0.25) is 0 Å². The number of primary amides is 1. The fraction of sp³-hybridized carbons (Fsp3) is 0.778. The average molecular weight is 365 g/mol. The van der Waals surface area contributed by atoms with Crippen LogP contribution in [0.5, 0.6) is 0 Å². The van der Waals surface area contributed by atoms with Crippen LogP contribution in [0.3, 0.4) is 0 Å². The first-order chi connectivity index (χ1) is 12.2. The lowest BCUT2D eigenvalue weighted by Gasteiger charge is -2.55. The summed E-state index contributed by atoms with van der Waals surface area (Å²) < 4.78 is 5.02. The molecule has 144 valence electrons. The van der Waals surface area contributed by atoms with Crippen molar-refractivity contribution >= 4 is 23.8 Å². The van der Waals surface area contributed by atoms with Crippen molar-refractivity contribution in [3.05, 3.63) is 0 Å². The molecule has 0 aromatic rings. The highest BCUT2D eigenvalue weighted by Crippen LogP contribution is 2.60. The smallest absolute Gasteiger partial charge is 0.329 e. The van der Waals surface area contributed by atoms with Gasteiger partial charge < -0.3 is 15.8 Å². The van der Waals surface area contributed by atoms with Gasteiger partial charge in [0.05, 0.1) is 0 Å². The number of carbonyl (C=O) groups is 4. The Morgan fingerprint density at radius 3 is 1.96 bits per heavy atom. The fourth-order valence-corrected chi connectivity index (χ4v) is 5.35. The van der Waals surface area contributed by atoms with E-state index in [1.54, 1.807) is 6.92 Å². The molecule has 0 radical (unpaired) electrons. The van der Waals surface area contributed by atoms with E-state index in [-0.39, 0.29) is 11.3 Å². The molecule has 0 aromatic heterocycles. The van der Waals surface area contributed by atoms with Crippen LogP contribution in [0.15, 0.2) is 0 Å². The van der Waals surface area contributed by atoms with Crippen LogP contribution in [0, 0.1) is 23.2 Å². The summed E-state index contributed by atoms with van der Waals surface area (Å²) in [6.45, 7) is 2.88. The normalized spacial score (nSPS) is 33.8. The van der Waals surface area contributed by atoms with E-state index >= 15 is 0 Å². The molecule has 4 rings (SSSR count). The lowest BCUT2D eigenvalue weighted by atomic mass is 9.49. The zero-order chi connectivity index (χ0) is 19.1. The van der Waals surface area contributed by atoms with Crippen molar-refractivity contribution in [2.75, 3.05) is 0 Å². The SMILES string of the molecule is C[C@H](NC(=O)C12CC3CC(CC(C3)C1)C2)C(=O)O[C@H](C)C(=O)NC(N)=O. The molecule has 0 spiro atoms. The Balaban J connectivity index is 1.55. The van der Waals surface area contributed by atoms with Gasteiger partial charge in [0.15, 0.2) is 6.10 Å². The molecule has 0 unspecified atom stereocenters. The number of imide groups is 1. The second-order valence-electron chi connectivity index (χ2n) is 8.33. The minimum absolute atomic E-state index is 0.0738. The molecule has 2 atom stereocenters. The summed E-state index contributed by atoms with van der Waals surface area (Å²) in [5.41, 5.74) is 4.51. The molecular formula is C18H27N3O5. The van der Waals surface area contributed by atoms with Gasteiger partial charge in [0.25, 0.3) is 5.91 Å². The monoisotopic (exact) mass is 365 g/mol. The van der Waals surface area contributed by atoms with Crippen molar-refractivity contribution < 1.29 is 23.9 Å². The molecule has 4 saturated carbocycles. The summed E-state index contributed by atoms with van der Waals surface area (Å²) >= 11 is 0. The minimum Gasteiger partial charge on any atom is -0.451 e. The number of ether oxygens (including phenoxy) is 1. The van der Waals surface area contributed by atoms with Gasteiger partial charge in [0.2, 0.25) is 5.91 Å². The van der Waals surface area contributed by atoms with Crippen LogP contribution < -0.4 is 16.4 Å². The maximum absolute atomic E-state index is 12.9. The molecule has 4 N–H and O–H groups in total. The first kappa shape index (κ1) is 18.7. The van der Waals surface area contributed by atoms with Gasteiger partial charge in [-0.2, -0.15) is 0 Å². The van der Waals surface area contributed by atoms with E-state index in [0.29, 0.717) is 17.8 Å². The molecular weight excluding hydrogens is 338 g/mol. The summed E-state index contributed by atoms with van der Waals surface area (Å²) in [6.07, 6.45) is 5.25. The standard InChI is InChI=1S/C18H27N3O5/c1-9(15(23)26-10(2)14(22)21-17(19)25)20-16(24)18-6-11-3-12(7-18)5-13(4-11)8-18/h9-13H,3-8H2,1-2H3,(H,20,24)(H3,19,21,22,25)/t9-,10+,11?,12?,13?,18?/m0/s1. The molecule has 4 amide bonds. The summed E-state index contributed by atoms with van der Waals surface area (Å²) in [5.74, 6) is 0.307. The van der Waals surface area contributed by atoms with Gasteiger partial charge in [-0.3, -0.25) is 14.9 Å². The number of nitrogens with one attached hydrogen (secondary N) is 2. The van der Waals surface area contributed by atoms with Gasteiger partial charge in [-0.15, -0.1) is 0 Å². The molecule has 0 aromatic carbocycles.